The van der Waals surface area contributed by atoms with Crippen molar-refractivity contribution in [3.05, 3.63) is 318 Å². The molecule has 0 aliphatic carbocycles. The van der Waals surface area contributed by atoms with Crippen molar-refractivity contribution in [2.75, 3.05) is 0 Å². The fourth-order valence-corrected chi connectivity index (χ4v) is 23.0. The minimum absolute atomic E-state index is 0. The topological polar surface area (TPSA) is 25.8 Å². The average molecular weight is 2040 g/mol. The third-order valence-corrected chi connectivity index (χ3v) is 28.6. The Hall–Kier alpha value is -6.20. The Labute approximate surface area is 811 Å². The summed E-state index contributed by atoms with van der Waals surface area (Å²) in [5.41, 5.74) is 26.2. The molecule has 0 bridgehead atoms. The van der Waals surface area contributed by atoms with Crippen LogP contribution in [-0.4, -0.2) is 31.1 Å². The number of pyridine rings is 2. The van der Waals surface area contributed by atoms with Crippen molar-refractivity contribution >= 4 is 90.8 Å². The van der Waals surface area contributed by atoms with Crippen LogP contribution >= 0.6 is 48.4 Å². The van der Waals surface area contributed by atoms with Crippen LogP contribution in [0.4, 0.5) is 50.4 Å². The first-order valence-corrected chi connectivity index (χ1v) is 52.7. The van der Waals surface area contributed by atoms with E-state index in [1.807, 2.05) is 0 Å². The number of nitrogens with zero attached hydrogens (tertiary/aromatic N) is 2. The zero-order valence-electron chi connectivity index (χ0n) is 84.6. The van der Waals surface area contributed by atoms with Crippen LogP contribution in [0, 0.1) is 0 Å². The fourth-order valence-electron chi connectivity index (χ4n) is 15.1. The van der Waals surface area contributed by atoms with Gasteiger partial charge >= 0.3 is 100 Å². The molecule has 2 nitrogen and oxygen atoms in total. The van der Waals surface area contributed by atoms with E-state index in [-0.39, 0.29) is 99.1 Å². The summed E-state index contributed by atoms with van der Waals surface area (Å²) in [6.07, 6.45) is 0. The summed E-state index contributed by atoms with van der Waals surface area (Å²) in [6, 6.07) is 77.7. The summed E-state index contributed by atoms with van der Waals surface area (Å²) >= 11 is 0. The number of hydrogen-bond acceptors (Lipinski definition) is 2. The summed E-state index contributed by atoms with van der Waals surface area (Å²) in [6.45, 7) is 85.2. The zero-order chi connectivity index (χ0) is 99.3. The van der Waals surface area contributed by atoms with E-state index in [9.17, 15) is 50.4 Å². The van der Waals surface area contributed by atoms with Gasteiger partial charge in [0.05, 0.1) is 0 Å². The van der Waals surface area contributed by atoms with E-state index in [2.05, 4.69) is 456 Å². The van der Waals surface area contributed by atoms with E-state index < -0.39 is 15.6 Å². The van der Waals surface area contributed by atoms with Gasteiger partial charge in [0.15, 0.2) is 42.4 Å². The molecule has 10 aromatic rings. The van der Waals surface area contributed by atoms with E-state index in [1.54, 1.807) is 0 Å². The summed E-state index contributed by atoms with van der Waals surface area (Å²) in [5, 5.41) is 11.0. The minimum atomic E-state index is -10.7. The van der Waals surface area contributed by atoms with Crippen molar-refractivity contribution in [1.29, 1.82) is 0 Å². The Balaban J connectivity index is 0.000000402. The van der Waals surface area contributed by atoms with Crippen molar-refractivity contribution < 1.29 is 84.5 Å². The molecule has 0 saturated heterocycles. The van der Waals surface area contributed by atoms with E-state index in [1.165, 1.54) is 131 Å². The standard InChI is InChI=1S/2C55H71NP2.2Cu.2F6P/c2*1-50(2,3)38-32-40(52(7,8)9)48(41(33-38)53(10,11)12)57-46(36-26-21-19-22-27-36)44-30-25-31-45(56-44)47(37-28-23-20-24-29-37)58-49-42(54(13,14)15)34-39(51(4,5)6)35-43(49)55(16,17)18;;;2*1-7(2,3,4,5)6/h2*19-35H,1-18H3;;;;/q;;2*+1;2*-1/p+4. The molecule has 0 saturated carbocycles. The van der Waals surface area contributed by atoms with Gasteiger partial charge in [-0.25, -0.2) is 9.97 Å². The molecule has 2 aromatic heterocycles. The van der Waals surface area contributed by atoms with E-state index >= 15 is 0 Å². The van der Waals surface area contributed by atoms with E-state index in [4.69, 9.17) is 9.97 Å². The predicted molar refractivity (Wildman–Crippen MR) is 556 cm³/mol. The van der Waals surface area contributed by atoms with Crippen molar-refractivity contribution in [3.8, 4) is 0 Å². The molecule has 22 heteroatoms. The molecule has 8 aromatic carbocycles. The molecule has 0 fully saturated rings. The number of rotatable bonds is 12. The summed E-state index contributed by atoms with van der Waals surface area (Å²) in [5.74, 6) is 0. The molecule has 4 unspecified atom stereocenters. The van der Waals surface area contributed by atoms with Crippen LogP contribution in [0.3, 0.4) is 0 Å². The van der Waals surface area contributed by atoms with Crippen LogP contribution < -0.4 is 21.2 Å². The second-order valence-electron chi connectivity index (χ2n) is 47.0. The molecule has 0 spiro atoms. The Morgan fingerprint density at radius 2 is 0.311 bits per heavy atom. The van der Waals surface area contributed by atoms with Gasteiger partial charge in [-0.15, -0.1) is 0 Å². The Kier molecular flexibility index (Phi) is 34.9. The first kappa shape index (κ1) is 116. The second-order valence-corrected chi connectivity index (χ2v) is 55.8. The van der Waals surface area contributed by atoms with Crippen LogP contribution in [0.25, 0.3) is 0 Å². The van der Waals surface area contributed by atoms with Gasteiger partial charge in [0.25, 0.3) is 0 Å². The maximum absolute atomic E-state index is 10.7. The predicted octanol–water partition coefficient (Wildman–Crippen LogP) is 34.8. The number of benzene rings is 8. The molecule has 0 N–H and O–H groups in total. The number of hydrogen-bond donors (Lipinski definition) is 0. The largest absolute Gasteiger partial charge is 1.00 e. The first-order valence-electron chi connectivity index (χ1n) is 44.7. The third kappa shape index (κ3) is 35.4. The van der Waals surface area contributed by atoms with Gasteiger partial charge in [0.1, 0.15) is 55.6 Å². The van der Waals surface area contributed by atoms with Crippen LogP contribution in [0.2, 0.25) is 0 Å². The van der Waals surface area contributed by atoms with Gasteiger partial charge in [-0.3, -0.25) is 0 Å². The maximum atomic E-state index is 9.87. The van der Waals surface area contributed by atoms with Crippen molar-refractivity contribution in [2.45, 2.75) is 314 Å². The van der Waals surface area contributed by atoms with Crippen molar-refractivity contribution in [1.82, 2.24) is 9.97 Å². The van der Waals surface area contributed by atoms with Crippen molar-refractivity contribution in [3.63, 3.8) is 0 Å². The molecule has 4 atom stereocenters. The maximum Gasteiger partial charge on any atom is 1.00 e. The normalized spacial score (nSPS) is 14.7. The van der Waals surface area contributed by atoms with Gasteiger partial charge in [0, 0.05) is 66.8 Å². The van der Waals surface area contributed by atoms with Crippen LogP contribution in [0.5, 0.6) is 0 Å². The monoisotopic (exact) mass is 2030 g/mol. The molecule has 0 radical (unpaired) electrons. The van der Waals surface area contributed by atoms with Crippen LogP contribution in [0.15, 0.2) is 206 Å². The molecular weight excluding hydrogens is 1890 g/mol. The Morgan fingerprint density at radius 3 is 0.417 bits per heavy atom. The quantitative estimate of drug-likeness (QED) is 0.0692. The molecule has 0 amide bonds. The third-order valence-electron chi connectivity index (χ3n) is 22.3. The van der Waals surface area contributed by atoms with Gasteiger partial charge < -0.3 is 0 Å². The summed E-state index contributed by atoms with van der Waals surface area (Å²) < 4.78 is 118. The van der Waals surface area contributed by atoms with Crippen molar-refractivity contribution in [2.24, 2.45) is 0 Å². The zero-order valence-corrected chi connectivity index (χ0v) is 92.2. The molecule has 10 rings (SSSR count). The average Bonchev–Trinajstić information content (AvgIpc) is 0.761. The van der Waals surface area contributed by atoms with E-state index in [0.717, 1.165) is 22.8 Å². The van der Waals surface area contributed by atoms with Gasteiger partial charge in [-0.2, -0.15) is 0 Å². The smallest absolute Gasteiger partial charge is 1.00 e. The molecule has 2 heterocycles. The van der Waals surface area contributed by atoms with Crippen LogP contribution in [-0.2, 0) is 99.1 Å². The Morgan fingerprint density at radius 1 is 0.189 bits per heavy atom. The van der Waals surface area contributed by atoms with Gasteiger partial charge in [0.2, 0.25) is 0 Å². The summed E-state index contributed by atoms with van der Waals surface area (Å²) in [7, 11) is -19.6. The molecular formula is C110H146Cu2F12N2P6+4. The second kappa shape index (κ2) is 39.6. The van der Waals surface area contributed by atoms with Gasteiger partial charge in [-0.05, 0) is 111 Å². The van der Waals surface area contributed by atoms with Crippen LogP contribution in [0.1, 0.15) is 361 Å². The molecule has 0 aliphatic rings. The molecule has 0 aliphatic heterocycles. The number of aromatic nitrogens is 2. The molecule has 728 valence electrons. The van der Waals surface area contributed by atoms with Gasteiger partial charge in [-0.1, -0.05) is 431 Å². The Bertz CT molecular complexity index is 5000. The fraction of sp³-hybridized carbons (Fsp3) is 0.436. The molecule has 132 heavy (non-hydrogen) atoms. The number of halogens is 12. The summed E-state index contributed by atoms with van der Waals surface area (Å²) in [4.78, 5) is 11.5. The van der Waals surface area contributed by atoms with E-state index in [0.29, 0.717) is 32.8 Å². The SMILES string of the molecule is CC(C)(C)c1cc(C(C)(C)C)c(/[PH+]=C(\c2ccccc2)c2cccc(/C(=[PH+]/c3c(C(C)(C)C)cc(C(C)(C)C)cc3C(C)(C)C)c3ccccc3)n2)c(C(C)(C)C)c1.CC(C)(C)c1cc(C(C)(C)C)c(/[PH+]=C(\c2ccccc2)c2cccc(/C(=[PH+]/c3c(C(C)(C)C)cc(C(C)(C)C)cc3C(C)(C)C)c3ccccc3)n2)c(C(C)(C)C)c1.F[P-](F)(F)(F)(F)F.F[P-](F)(F)(F)(F)F.[Cu+].[Cu+]. The minimum Gasteiger partial charge on any atom is 1.00 e. The first-order chi connectivity index (χ1) is 58.0.